The molecular weight excluding hydrogens is 1490 g/mol. The van der Waals surface area contributed by atoms with Gasteiger partial charge >= 0.3 is 0 Å². The predicted molar refractivity (Wildman–Crippen MR) is 403 cm³/mol. The number of hydrogen-bond donors (Lipinski definition) is 0. The molecule has 0 saturated heterocycles. The SMILES string of the molecule is Fc1cc(F)cc(OCC(COc2cc(F)cc(F)c2)(COc2cc(F)cc(F)c2)Cn2nc3c(-c4ccc(N(c5ccccc5)c5ccccc5)cc4)c4n[n+](CC(COc5cc(F)cc(F)c5)(COc5cc(F)cc(F)c5)COc5cc(F)cc(F)c5)[n-]c4c(-c4ccc(N(c5ccccc5)c5ccccc5)cc4)c3n2)c1. The van der Waals surface area contributed by atoms with Crippen molar-refractivity contribution in [2.45, 2.75) is 13.1 Å². The summed E-state index contributed by atoms with van der Waals surface area (Å²) in [5.41, 5.74) is 2.54. The van der Waals surface area contributed by atoms with Crippen LogP contribution in [0.5, 0.6) is 34.5 Å². The minimum Gasteiger partial charge on any atom is -0.492 e. The lowest BCUT2D eigenvalue weighted by atomic mass is 9.91. The molecule has 114 heavy (non-hydrogen) atoms. The van der Waals surface area contributed by atoms with E-state index in [4.69, 9.17) is 48.8 Å². The number of nitrogens with zero attached hydrogens (tertiary/aromatic N) is 8. The molecule has 13 aromatic carbocycles. The van der Waals surface area contributed by atoms with E-state index in [9.17, 15) is 0 Å². The van der Waals surface area contributed by atoms with E-state index in [0.717, 1.165) is 95.5 Å². The van der Waals surface area contributed by atoms with Crippen molar-refractivity contribution >= 4 is 56.2 Å². The number of anilines is 6. The summed E-state index contributed by atoms with van der Waals surface area (Å²) >= 11 is 0. The van der Waals surface area contributed by atoms with Crippen molar-refractivity contribution in [3.8, 4) is 56.8 Å². The van der Waals surface area contributed by atoms with Gasteiger partial charge in [0.2, 0.25) is 0 Å². The van der Waals surface area contributed by atoms with Crippen LogP contribution in [0.15, 0.2) is 279 Å². The summed E-state index contributed by atoms with van der Waals surface area (Å²) < 4.78 is 219. The number of aromatic nitrogens is 6. The lowest BCUT2D eigenvalue weighted by molar-refractivity contribution is -0.814. The van der Waals surface area contributed by atoms with Gasteiger partial charge in [0.05, 0.1) is 12.0 Å². The summed E-state index contributed by atoms with van der Waals surface area (Å²) in [4.78, 5) is 6.49. The van der Waals surface area contributed by atoms with E-state index in [1.807, 2.05) is 155 Å². The maximum absolute atomic E-state index is 15.1. The first-order chi connectivity index (χ1) is 55.2. The lowest BCUT2D eigenvalue weighted by Crippen LogP contribution is -2.55. The van der Waals surface area contributed by atoms with Gasteiger partial charge in [0, 0.05) is 165 Å². The Balaban J connectivity index is 0.973. The van der Waals surface area contributed by atoms with Crippen LogP contribution < -0.4 is 48.1 Å². The molecule has 0 aliphatic rings. The summed E-state index contributed by atoms with van der Waals surface area (Å²) in [6.07, 6.45) is 0. The van der Waals surface area contributed by atoms with E-state index in [1.165, 1.54) is 9.59 Å². The van der Waals surface area contributed by atoms with Gasteiger partial charge in [-0.3, -0.25) is 0 Å². The largest absolute Gasteiger partial charge is 0.492 e. The third-order valence-electron chi connectivity index (χ3n) is 18.4. The first-order valence-electron chi connectivity index (χ1n) is 35.4. The zero-order chi connectivity index (χ0) is 79.0. The second-order valence-corrected chi connectivity index (χ2v) is 27.1. The van der Waals surface area contributed by atoms with Crippen LogP contribution in [0, 0.1) is 80.6 Å². The van der Waals surface area contributed by atoms with Crippen LogP contribution in [0.4, 0.5) is 86.8 Å². The van der Waals surface area contributed by atoms with E-state index in [-0.39, 0.29) is 67.7 Å². The van der Waals surface area contributed by atoms with Crippen LogP contribution >= 0.6 is 0 Å². The molecule has 0 unspecified atom stereocenters. The molecule has 0 bridgehead atoms. The fraction of sp³-hybridized carbons (Fsp3) is 0.114. The number of ether oxygens (including phenoxy) is 6. The first kappa shape index (κ1) is 75.6. The van der Waals surface area contributed by atoms with Crippen molar-refractivity contribution < 1.29 is 85.9 Å². The smallest absolute Gasteiger partial charge is 0.178 e. The number of halogens is 12. The Labute approximate surface area is 643 Å². The van der Waals surface area contributed by atoms with Gasteiger partial charge in [0.25, 0.3) is 0 Å². The second kappa shape index (κ2) is 33.0. The molecule has 0 aliphatic heterocycles. The summed E-state index contributed by atoms with van der Waals surface area (Å²) in [5, 5.41) is 21.2. The average molecular weight is 1560 g/mol. The number of benzene rings is 13. The van der Waals surface area contributed by atoms with E-state index < -0.39 is 133 Å². The highest BCUT2D eigenvalue weighted by molar-refractivity contribution is 6.16. The number of rotatable bonds is 30. The van der Waals surface area contributed by atoms with Gasteiger partial charge in [-0.1, -0.05) is 97.1 Å². The van der Waals surface area contributed by atoms with Gasteiger partial charge in [-0.15, -0.1) is 0 Å². The predicted octanol–water partition coefficient (Wildman–Crippen LogP) is 20.6. The van der Waals surface area contributed by atoms with Gasteiger partial charge in [-0.2, -0.15) is 30.0 Å². The Bertz CT molecular complexity index is 5040. The molecule has 0 spiro atoms. The van der Waals surface area contributed by atoms with Gasteiger partial charge in [-0.05, 0) is 83.9 Å². The highest BCUT2D eigenvalue weighted by Crippen LogP contribution is 2.45. The molecule has 0 amide bonds. The number of fused-ring (bicyclic) bond motifs is 2. The Morgan fingerprint density at radius 2 is 0.535 bits per heavy atom. The maximum Gasteiger partial charge on any atom is 0.178 e. The molecule has 0 radical (unpaired) electrons. The molecule has 14 nitrogen and oxygen atoms in total. The van der Waals surface area contributed by atoms with E-state index >= 15 is 52.7 Å². The highest BCUT2D eigenvalue weighted by Gasteiger charge is 2.41. The second-order valence-electron chi connectivity index (χ2n) is 27.1. The molecule has 15 aromatic rings. The average Bonchev–Trinajstić information content (AvgIpc) is 1.54. The van der Waals surface area contributed by atoms with Crippen LogP contribution in [0.25, 0.3) is 44.3 Å². The van der Waals surface area contributed by atoms with Crippen LogP contribution in [-0.4, -0.2) is 59.7 Å². The topological polar surface area (TPSA) is 123 Å². The summed E-state index contributed by atoms with van der Waals surface area (Å²) in [5.74, 6) is -14.4. The van der Waals surface area contributed by atoms with Crippen molar-refractivity contribution in [3.05, 3.63) is 349 Å². The minimum atomic E-state index is -1.83. The number of hydrogen-bond acceptors (Lipinski definition) is 11. The normalized spacial score (nSPS) is 11.6. The fourth-order valence-corrected chi connectivity index (χ4v) is 13.3. The van der Waals surface area contributed by atoms with Crippen LogP contribution in [0.2, 0.25) is 0 Å². The molecule has 2 heterocycles. The Hall–Kier alpha value is -13.8. The molecule has 0 atom stereocenters. The molecule has 26 heteroatoms. The standard InChI is InChI=1S/C88H62F12N8O6/c89-57-29-58(90)36-75(35-57)109-49-87(50-110-76-37-59(91)30-60(92)38-76,51-111-77-39-61(93)31-62(94)40-77)47-105-101-83-81(55-21-25-73(26-22-55)107(69-13-5-1-6-14-69)70-15-7-2-8-16-70)84-86(82(85(83)103-105)56-23-27-74(28-24-56)108(71-17-9-3-10-18-71)72-19-11-4-12-20-72)104-106(102-84)48-88(52-112-78-41-63(95)32-64(96)42-78,53-113-79-43-65(97)33-66(98)44-79)54-114-80-45-67(99)34-68(100)46-80/h1-46H,47-54H2. The van der Waals surface area contributed by atoms with Crippen molar-refractivity contribution in [1.82, 2.24) is 25.2 Å². The van der Waals surface area contributed by atoms with E-state index in [2.05, 4.69) is 0 Å². The summed E-state index contributed by atoms with van der Waals surface area (Å²) in [6, 6.07) is 67.2. The third kappa shape index (κ3) is 17.8. The number of para-hydroxylation sites is 4. The highest BCUT2D eigenvalue weighted by atomic mass is 19.2. The summed E-state index contributed by atoms with van der Waals surface area (Å²) in [7, 11) is 0. The molecule has 0 saturated carbocycles. The van der Waals surface area contributed by atoms with Crippen molar-refractivity contribution in [2.24, 2.45) is 10.8 Å². The molecule has 0 N–H and O–H groups in total. The van der Waals surface area contributed by atoms with Crippen molar-refractivity contribution in [2.75, 3.05) is 49.4 Å². The van der Waals surface area contributed by atoms with Gasteiger partial charge in [-0.25, -0.2) is 52.7 Å². The van der Waals surface area contributed by atoms with Crippen molar-refractivity contribution in [1.29, 1.82) is 0 Å². The fourth-order valence-electron chi connectivity index (χ4n) is 13.3. The lowest BCUT2D eigenvalue weighted by Gasteiger charge is -2.32. The van der Waals surface area contributed by atoms with Gasteiger partial charge < -0.3 is 38.2 Å². The molecular formula is C88H62F12N8O6. The molecule has 0 fully saturated rings. The molecule has 574 valence electrons. The Kier molecular flexibility index (Phi) is 21.9. The zero-order valence-electron chi connectivity index (χ0n) is 59.8. The quantitative estimate of drug-likeness (QED) is 0.0314. The van der Waals surface area contributed by atoms with E-state index in [0.29, 0.717) is 58.9 Å². The monoisotopic (exact) mass is 1550 g/mol. The van der Waals surface area contributed by atoms with Crippen molar-refractivity contribution in [3.63, 3.8) is 0 Å². The van der Waals surface area contributed by atoms with E-state index in [1.54, 1.807) is 24.3 Å². The van der Waals surface area contributed by atoms with Gasteiger partial charge in [0.1, 0.15) is 160 Å². The molecule has 0 aliphatic carbocycles. The molecule has 2 aromatic heterocycles. The minimum absolute atomic E-state index is 0.0958. The van der Waals surface area contributed by atoms with Crippen LogP contribution in [0.3, 0.4) is 0 Å². The van der Waals surface area contributed by atoms with Crippen LogP contribution in [0.1, 0.15) is 0 Å². The zero-order valence-corrected chi connectivity index (χ0v) is 59.8. The first-order valence-corrected chi connectivity index (χ1v) is 35.4. The van der Waals surface area contributed by atoms with Crippen LogP contribution in [-0.2, 0) is 13.1 Å². The summed E-state index contributed by atoms with van der Waals surface area (Å²) in [6.45, 7) is -4.98. The molecule has 15 rings (SSSR count). The van der Waals surface area contributed by atoms with Gasteiger partial charge in [0.15, 0.2) is 6.54 Å². The Morgan fingerprint density at radius 1 is 0.289 bits per heavy atom. The Morgan fingerprint density at radius 3 is 0.816 bits per heavy atom. The maximum atomic E-state index is 15.1. The third-order valence-corrected chi connectivity index (χ3v) is 18.4.